The van der Waals surface area contributed by atoms with Crippen LogP contribution in [0.3, 0.4) is 0 Å². The van der Waals surface area contributed by atoms with Crippen LogP contribution in [0.25, 0.3) is 0 Å². The number of aryl methyl sites for hydroxylation is 1. The number of benzene rings is 2. The van der Waals surface area contributed by atoms with Crippen molar-refractivity contribution in [3.05, 3.63) is 65.7 Å². The quantitative estimate of drug-likeness (QED) is 0.809. The van der Waals surface area contributed by atoms with Crippen molar-refractivity contribution >= 4 is 11.7 Å². The maximum atomic E-state index is 11.1. The van der Waals surface area contributed by atoms with Gasteiger partial charge >= 0.3 is 6.03 Å². The van der Waals surface area contributed by atoms with Crippen LogP contribution in [-0.2, 0) is 6.54 Å². The highest BCUT2D eigenvalue weighted by Crippen LogP contribution is 2.08. The molecule has 0 unspecified atom stereocenters. The third-order valence-corrected chi connectivity index (χ3v) is 2.84. The summed E-state index contributed by atoms with van der Waals surface area (Å²) in [5.74, 6) is 0. The van der Waals surface area contributed by atoms with Crippen LogP contribution in [0.4, 0.5) is 10.5 Å². The van der Waals surface area contributed by atoms with Gasteiger partial charge in [-0.2, -0.15) is 0 Å². The second-order valence-corrected chi connectivity index (χ2v) is 4.87. The van der Waals surface area contributed by atoms with Crippen LogP contribution in [0, 0.1) is 6.92 Å². The molecule has 2 aromatic carbocycles. The highest BCUT2D eigenvalue weighted by atomic mass is 16.2. The molecule has 0 saturated carbocycles. The second-order valence-electron chi connectivity index (χ2n) is 4.87. The van der Waals surface area contributed by atoms with Crippen molar-refractivity contribution in [2.24, 2.45) is 0 Å². The summed E-state index contributed by atoms with van der Waals surface area (Å²) in [6.45, 7) is 5.47. The van der Waals surface area contributed by atoms with Gasteiger partial charge in [0.1, 0.15) is 0 Å². The van der Waals surface area contributed by atoms with Crippen LogP contribution in [0.5, 0.6) is 0 Å². The van der Waals surface area contributed by atoms with E-state index in [0.29, 0.717) is 6.54 Å². The Balaban J connectivity index is 0.000000235. The monoisotopic (exact) mass is 299 g/mol. The van der Waals surface area contributed by atoms with Crippen LogP contribution < -0.4 is 16.0 Å². The fourth-order valence-corrected chi connectivity index (χ4v) is 1.86. The van der Waals surface area contributed by atoms with Crippen molar-refractivity contribution in [2.75, 3.05) is 18.9 Å². The Morgan fingerprint density at radius 2 is 1.77 bits per heavy atom. The molecular formula is C18H25N3O. The molecule has 0 aliphatic heterocycles. The number of hydrogen-bond donors (Lipinski definition) is 3. The molecule has 4 heteroatoms. The van der Waals surface area contributed by atoms with Gasteiger partial charge < -0.3 is 16.0 Å². The van der Waals surface area contributed by atoms with E-state index in [1.165, 1.54) is 5.56 Å². The molecule has 2 amide bonds. The van der Waals surface area contributed by atoms with Gasteiger partial charge in [-0.15, -0.1) is 0 Å². The van der Waals surface area contributed by atoms with E-state index in [1.54, 1.807) is 0 Å². The SMILES string of the molecule is CCNC(=O)Nc1cccc(C)c1.CNCc1ccccc1. The van der Waals surface area contributed by atoms with Crippen LogP contribution >= 0.6 is 0 Å². The van der Waals surface area contributed by atoms with E-state index in [9.17, 15) is 4.79 Å². The fourth-order valence-electron chi connectivity index (χ4n) is 1.86. The van der Waals surface area contributed by atoms with E-state index in [1.807, 2.05) is 63.4 Å². The third-order valence-electron chi connectivity index (χ3n) is 2.84. The molecule has 0 fully saturated rings. The van der Waals surface area contributed by atoms with Crippen LogP contribution in [0.1, 0.15) is 18.1 Å². The lowest BCUT2D eigenvalue weighted by Gasteiger charge is -2.05. The number of urea groups is 1. The minimum Gasteiger partial charge on any atom is -0.338 e. The molecule has 0 atom stereocenters. The van der Waals surface area contributed by atoms with Gasteiger partial charge in [0.15, 0.2) is 0 Å². The first-order valence-electron chi connectivity index (χ1n) is 7.45. The number of hydrogen-bond acceptors (Lipinski definition) is 2. The first kappa shape index (κ1) is 17.7. The van der Waals surface area contributed by atoms with Gasteiger partial charge in [0.25, 0.3) is 0 Å². The minimum atomic E-state index is -0.159. The van der Waals surface area contributed by atoms with Gasteiger partial charge in [0.2, 0.25) is 0 Å². The van der Waals surface area contributed by atoms with Crippen LogP contribution in [0.2, 0.25) is 0 Å². The smallest absolute Gasteiger partial charge is 0.319 e. The number of amides is 2. The Kier molecular flexibility index (Phi) is 8.38. The third kappa shape index (κ3) is 7.45. The van der Waals surface area contributed by atoms with E-state index in [4.69, 9.17) is 0 Å². The predicted molar refractivity (Wildman–Crippen MR) is 93.1 cm³/mol. The van der Waals surface area contributed by atoms with E-state index >= 15 is 0 Å². The summed E-state index contributed by atoms with van der Waals surface area (Å²) >= 11 is 0. The van der Waals surface area contributed by atoms with Gasteiger partial charge in [-0.25, -0.2) is 4.79 Å². The lowest BCUT2D eigenvalue weighted by atomic mass is 10.2. The lowest BCUT2D eigenvalue weighted by molar-refractivity contribution is 0.252. The molecule has 0 bridgehead atoms. The standard InChI is InChI=1S/C10H14N2O.C8H11N/c1-3-11-10(13)12-9-6-4-5-8(2)7-9;1-9-7-8-5-3-2-4-6-8/h4-7H,3H2,1-2H3,(H2,11,12,13);2-6,9H,7H2,1H3. The first-order chi connectivity index (χ1) is 10.7. The lowest BCUT2D eigenvalue weighted by Crippen LogP contribution is -2.28. The zero-order valence-corrected chi connectivity index (χ0v) is 13.5. The number of rotatable bonds is 4. The van der Waals surface area contributed by atoms with E-state index in [-0.39, 0.29) is 6.03 Å². The number of nitrogens with one attached hydrogen (secondary N) is 3. The maximum absolute atomic E-state index is 11.1. The van der Waals surface area contributed by atoms with Crippen LogP contribution in [-0.4, -0.2) is 19.6 Å². The summed E-state index contributed by atoms with van der Waals surface area (Å²) < 4.78 is 0. The van der Waals surface area contributed by atoms with Gasteiger partial charge in [0.05, 0.1) is 0 Å². The Morgan fingerprint density at radius 3 is 2.36 bits per heavy atom. The summed E-state index contributed by atoms with van der Waals surface area (Å²) in [5, 5.41) is 8.48. The van der Waals surface area contributed by atoms with E-state index < -0.39 is 0 Å². The number of carbonyl (C=O) groups excluding carboxylic acids is 1. The highest BCUT2D eigenvalue weighted by molar-refractivity contribution is 5.89. The molecule has 0 radical (unpaired) electrons. The number of anilines is 1. The van der Waals surface area contributed by atoms with Gasteiger partial charge in [-0.05, 0) is 44.2 Å². The van der Waals surface area contributed by atoms with Gasteiger partial charge in [-0.3, -0.25) is 0 Å². The molecule has 22 heavy (non-hydrogen) atoms. The zero-order valence-electron chi connectivity index (χ0n) is 13.5. The molecule has 118 valence electrons. The summed E-state index contributed by atoms with van der Waals surface area (Å²) in [5.41, 5.74) is 3.29. The van der Waals surface area contributed by atoms with Crippen molar-refractivity contribution in [1.82, 2.24) is 10.6 Å². The molecule has 0 heterocycles. The minimum absolute atomic E-state index is 0.159. The molecule has 0 aromatic heterocycles. The van der Waals surface area contributed by atoms with Crippen molar-refractivity contribution in [3.63, 3.8) is 0 Å². The molecule has 3 N–H and O–H groups in total. The van der Waals surface area contributed by atoms with Crippen molar-refractivity contribution in [1.29, 1.82) is 0 Å². The largest absolute Gasteiger partial charge is 0.338 e. The summed E-state index contributed by atoms with van der Waals surface area (Å²) in [6, 6.07) is 17.9. The summed E-state index contributed by atoms with van der Waals surface area (Å²) in [6.07, 6.45) is 0. The maximum Gasteiger partial charge on any atom is 0.319 e. The van der Waals surface area contributed by atoms with Gasteiger partial charge in [-0.1, -0.05) is 42.5 Å². The molecule has 2 rings (SSSR count). The van der Waals surface area contributed by atoms with Crippen LogP contribution in [0.15, 0.2) is 54.6 Å². The van der Waals surface area contributed by atoms with E-state index in [2.05, 4.69) is 28.1 Å². The predicted octanol–water partition coefficient (Wildman–Crippen LogP) is 3.54. The molecule has 0 saturated heterocycles. The first-order valence-corrected chi connectivity index (χ1v) is 7.45. The fraction of sp³-hybridized carbons (Fsp3) is 0.278. The normalized spacial score (nSPS) is 9.41. The second kappa shape index (κ2) is 10.4. The molecular weight excluding hydrogens is 274 g/mol. The Hall–Kier alpha value is -2.33. The summed E-state index contributed by atoms with van der Waals surface area (Å²) in [4.78, 5) is 11.1. The van der Waals surface area contributed by atoms with Crippen molar-refractivity contribution in [2.45, 2.75) is 20.4 Å². The molecule has 2 aromatic rings. The Morgan fingerprint density at radius 1 is 1.05 bits per heavy atom. The Labute approximate surface area is 132 Å². The molecule has 4 nitrogen and oxygen atoms in total. The topological polar surface area (TPSA) is 53.2 Å². The molecule has 0 aliphatic carbocycles. The van der Waals surface area contributed by atoms with Crippen molar-refractivity contribution < 1.29 is 4.79 Å². The molecule has 0 aliphatic rings. The van der Waals surface area contributed by atoms with Gasteiger partial charge in [0, 0.05) is 18.8 Å². The average Bonchev–Trinajstić information content (AvgIpc) is 2.49. The average molecular weight is 299 g/mol. The van der Waals surface area contributed by atoms with E-state index in [0.717, 1.165) is 17.8 Å². The number of carbonyl (C=O) groups is 1. The zero-order chi connectivity index (χ0) is 16.2. The highest BCUT2D eigenvalue weighted by Gasteiger charge is 1.98. The van der Waals surface area contributed by atoms with Crippen molar-refractivity contribution in [3.8, 4) is 0 Å². The molecule has 0 spiro atoms. The summed E-state index contributed by atoms with van der Waals surface area (Å²) in [7, 11) is 1.95. The Bertz CT molecular complexity index is 555.